The molecule has 1 N–H and O–H groups in total. The van der Waals surface area contributed by atoms with Crippen molar-refractivity contribution in [2.45, 2.75) is 106 Å². The van der Waals surface area contributed by atoms with Crippen molar-refractivity contribution in [2.75, 3.05) is 0 Å². The Kier molecular flexibility index (Phi) is 5.93. The highest BCUT2D eigenvalue weighted by atomic mass is 16.3. The molecule has 0 radical (unpaired) electrons. The molecule has 4 aliphatic carbocycles. The zero-order valence-corrected chi connectivity index (χ0v) is 20.2. The molecule has 0 heterocycles. The van der Waals surface area contributed by atoms with E-state index in [1.54, 1.807) is 0 Å². The molecule has 166 valence electrons. The molecule has 7 unspecified atom stereocenters. The van der Waals surface area contributed by atoms with Crippen LogP contribution < -0.4 is 0 Å². The molecule has 29 heavy (non-hydrogen) atoms. The quantitative estimate of drug-likeness (QED) is 0.491. The van der Waals surface area contributed by atoms with E-state index >= 15 is 0 Å². The minimum Gasteiger partial charge on any atom is -0.513 e. The third-order valence-electron chi connectivity index (χ3n) is 11.3. The predicted molar refractivity (Wildman–Crippen MR) is 124 cm³/mol. The molecular weight excluding hydrogens is 352 g/mol. The number of allylic oxidation sites excluding steroid dienone is 2. The summed E-state index contributed by atoms with van der Waals surface area (Å²) in [7, 11) is 0. The SMILES string of the molecule is CC(C)C(C)CCC(C)C1CCC2C3CCC4CC(O)=CC[C@]4(C)C3CC[C@]12C. The van der Waals surface area contributed by atoms with Gasteiger partial charge in [-0.1, -0.05) is 54.4 Å². The minimum atomic E-state index is 0.451. The van der Waals surface area contributed by atoms with Gasteiger partial charge in [-0.25, -0.2) is 0 Å². The van der Waals surface area contributed by atoms with Crippen LogP contribution in [0.15, 0.2) is 11.8 Å². The Bertz CT molecular complexity index is 620. The fourth-order valence-electron chi connectivity index (χ4n) is 8.90. The molecule has 0 saturated heterocycles. The van der Waals surface area contributed by atoms with Gasteiger partial charge >= 0.3 is 0 Å². The Morgan fingerprint density at radius 3 is 2.38 bits per heavy atom. The zero-order chi connectivity index (χ0) is 21.0. The number of rotatable bonds is 5. The van der Waals surface area contributed by atoms with Gasteiger partial charge in [0.05, 0.1) is 5.76 Å². The van der Waals surface area contributed by atoms with E-state index in [4.69, 9.17) is 0 Å². The maximum Gasteiger partial charge on any atom is 0.0886 e. The molecule has 1 nitrogen and oxygen atoms in total. The van der Waals surface area contributed by atoms with Crippen molar-refractivity contribution in [1.82, 2.24) is 0 Å². The molecule has 0 bridgehead atoms. The van der Waals surface area contributed by atoms with Crippen LogP contribution in [0.25, 0.3) is 0 Å². The fourth-order valence-corrected chi connectivity index (χ4v) is 8.90. The highest BCUT2D eigenvalue weighted by Gasteiger charge is 2.60. The molecule has 3 fully saturated rings. The van der Waals surface area contributed by atoms with Crippen LogP contribution in [0.3, 0.4) is 0 Å². The summed E-state index contributed by atoms with van der Waals surface area (Å²) in [5, 5.41) is 10.1. The first kappa shape index (κ1) is 21.8. The molecule has 0 aromatic carbocycles. The van der Waals surface area contributed by atoms with Gasteiger partial charge in [-0.3, -0.25) is 0 Å². The van der Waals surface area contributed by atoms with Gasteiger partial charge in [0.15, 0.2) is 0 Å². The highest BCUT2D eigenvalue weighted by molar-refractivity contribution is 5.14. The summed E-state index contributed by atoms with van der Waals surface area (Å²) in [5.74, 6) is 7.76. The van der Waals surface area contributed by atoms with Crippen LogP contribution in [0.5, 0.6) is 0 Å². The summed E-state index contributed by atoms with van der Waals surface area (Å²) < 4.78 is 0. The lowest BCUT2D eigenvalue weighted by molar-refractivity contribution is -0.104. The van der Waals surface area contributed by atoms with Gasteiger partial charge in [0.2, 0.25) is 0 Å². The molecular formula is C28H48O. The first-order valence-electron chi connectivity index (χ1n) is 13.0. The van der Waals surface area contributed by atoms with E-state index in [0.29, 0.717) is 16.6 Å². The van der Waals surface area contributed by atoms with Gasteiger partial charge in [-0.15, -0.1) is 0 Å². The van der Waals surface area contributed by atoms with E-state index in [0.717, 1.165) is 60.2 Å². The highest BCUT2D eigenvalue weighted by Crippen LogP contribution is 2.68. The third kappa shape index (κ3) is 3.61. The molecule has 0 amide bonds. The topological polar surface area (TPSA) is 20.2 Å². The van der Waals surface area contributed by atoms with Crippen molar-refractivity contribution in [3.05, 3.63) is 11.8 Å². The average Bonchev–Trinajstić information content (AvgIpc) is 3.03. The zero-order valence-electron chi connectivity index (χ0n) is 20.2. The van der Waals surface area contributed by atoms with Crippen LogP contribution in [0.4, 0.5) is 0 Å². The van der Waals surface area contributed by atoms with Gasteiger partial charge in [-0.05, 0) is 109 Å². The van der Waals surface area contributed by atoms with Gasteiger partial charge in [0, 0.05) is 6.42 Å². The van der Waals surface area contributed by atoms with Crippen molar-refractivity contribution in [3.63, 3.8) is 0 Å². The molecule has 0 aromatic rings. The summed E-state index contributed by atoms with van der Waals surface area (Å²) in [6.07, 6.45) is 15.8. The monoisotopic (exact) mass is 400 g/mol. The maximum atomic E-state index is 10.1. The molecule has 4 rings (SSSR count). The van der Waals surface area contributed by atoms with Crippen molar-refractivity contribution in [1.29, 1.82) is 0 Å². The summed E-state index contributed by atoms with van der Waals surface area (Å²) >= 11 is 0. The summed E-state index contributed by atoms with van der Waals surface area (Å²) in [6.45, 7) is 15.1. The first-order chi connectivity index (χ1) is 13.7. The Balaban J connectivity index is 1.47. The van der Waals surface area contributed by atoms with E-state index in [-0.39, 0.29) is 0 Å². The first-order valence-corrected chi connectivity index (χ1v) is 13.0. The second-order valence-electron chi connectivity index (χ2n) is 12.8. The normalized spacial score (nSPS) is 46.4. The minimum absolute atomic E-state index is 0.451. The smallest absolute Gasteiger partial charge is 0.0886 e. The number of hydrogen-bond acceptors (Lipinski definition) is 1. The fraction of sp³-hybridized carbons (Fsp3) is 0.929. The number of fused-ring (bicyclic) bond motifs is 5. The number of aliphatic hydroxyl groups is 1. The lowest BCUT2D eigenvalue weighted by Gasteiger charge is -2.60. The van der Waals surface area contributed by atoms with Crippen molar-refractivity contribution < 1.29 is 5.11 Å². The molecule has 3 saturated carbocycles. The Hall–Kier alpha value is -0.460. The van der Waals surface area contributed by atoms with E-state index in [1.165, 1.54) is 51.4 Å². The Morgan fingerprint density at radius 1 is 0.931 bits per heavy atom. The average molecular weight is 401 g/mol. The van der Waals surface area contributed by atoms with Crippen molar-refractivity contribution in [2.24, 2.45) is 58.2 Å². The van der Waals surface area contributed by atoms with E-state index < -0.39 is 0 Å². The van der Waals surface area contributed by atoms with Crippen LogP contribution in [0.1, 0.15) is 106 Å². The van der Waals surface area contributed by atoms with E-state index in [2.05, 4.69) is 47.6 Å². The summed E-state index contributed by atoms with van der Waals surface area (Å²) in [6, 6.07) is 0. The second-order valence-corrected chi connectivity index (χ2v) is 12.8. The molecule has 9 atom stereocenters. The molecule has 0 aromatic heterocycles. The van der Waals surface area contributed by atoms with Crippen LogP contribution in [-0.4, -0.2) is 5.11 Å². The standard InChI is InChI=1S/C28H48O/c1-18(2)19(3)7-8-20(4)24-11-12-25-23-10-9-21-17-22(29)13-15-27(21,5)26(23)14-16-28(24,25)6/h13,18-21,23-26,29H,7-12,14-17H2,1-6H3/t19?,20?,21?,23?,24?,25?,26?,27-,28+/m0/s1. The number of aliphatic hydroxyl groups excluding tert-OH is 1. The van der Waals surface area contributed by atoms with Crippen molar-refractivity contribution >= 4 is 0 Å². The number of hydrogen-bond donors (Lipinski definition) is 1. The molecule has 4 aliphatic rings. The van der Waals surface area contributed by atoms with Gasteiger partial charge in [0.1, 0.15) is 0 Å². The van der Waals surface area contributed by atoms with Crippen molar-refractivity contribution in [3.8, 4) is 0 Å². The predicted octanol–water partition coefficient (Wildman–Crippen LogP) is 8.41. The Morgan fingerprint density at radius 2 is 1.66 bits per heavy atom. The van der Waals surface area contributed by atoms with Gasteiger partial charge < -0.3 is 5.11 Å². The summed E-state index contributed by atoms with van der Waals surface area (Å²) in [4.78, 5) is 0. The largest absolute Gasteiger partial charge is 0.513 e. The second kappa shape index (κ2) is 7.90. The van der Waals surface area contributed by atoms with Crippen LogP contribution in [-0.2, 0) is 0 Å². The lowest BCUT2D eigenvalue weighted by Crippen LogP contribution is -2.52. The Labute approximate surface area is 181 Å². The molecule has 1 heteroatoms. The van der Waals surface area contributed by atoms with Gasteiger partial charge in [0.25, 0.3) is 0 Å². The molecule has 0 spiro atoms. The maximum absolute atomic E-state index is 10.1. The lowest BCUT2D eigenvalue weighted by atomic mass is 9.45. The van der Waals surface area contributed by atoms with E-state index in [9.17, 15) is 5.11 Å². The van der Waals surface area contributed by atoms with E-state index in [1.807, 2.05) is 0 Å². The van der Waals surface area contributed by atoms with Crippen LogP contribution >= 0.6 is 0 Å². The van der Waals surface area contributed by atoms with Crippen LogP contribution in [0, 0.1) is 58.2 Å². The van der Waals surface area contributed by atoms with Gasteiger partial charge in [-0.2, -0.15) is 0 Å². The summed E-state index contributed by atoms with van der Waals surface area (Å²) in [5.41, 5.74) is 1.05. The third-order valence-corrected chi connectivity index (χ3v) is 11.3. The molecule has 0 aliphatic heterocycles. The van der Waals surface area contributed by atoms with Crippen LogP contribution in [0.2, 0.25) is 0 Å².